The molecule has 0 saturated carbocycles. The highest BCUT2D eigenvalue weighted by Crippen LogP contribution is 2.22. The molecular weight excluding hydrogens is 672 g/mol. The molecule has 0 aromatic rings. The van der Waals surface area contributed by atoms with E-state index in [2.05, 4.69) is 62.5 Å². The summed E-state index contributed by atoms with van der Waals surface area (Å²) in [5.41, 5.74) is 0. The van der Waals surface area contributed by atoms with Gasteiger partial charge < -0.3 is 39.4 Å². The molecule has 0 radical (unpaired) electrons. The van der Waals surface area contributed by atoms with Gasteiger partial charge in [0.1, 0.15) is 30.5 Å². The molecular formula is C44H78O9. The van der Waals surface area contributed by atoms with Crippen LogP contribution in [-0.2, 0) is 23.7 Å². The Kier molecular flexibility index (Phi) is 33.2. The highest BCUT2D eigenvalue weighted by molar-refractivity contribution is 5.69. The Bertz CT molecular complexity index is 947. The Morgan fingerprint density at radius 2 is 1.15 bits per heavy atom. The Labute approximate surface area is 322 Å². The van der Waals surface area contributed by atoms with Crippen molar-refractivity contribution in [3.63, 3.8) is 0 Å². The second-order valence-electron chi connectivity index (χ2n) is 14.4. The van der Waals surface area contributed by atoms with E-state index in [9.17, 15) is 25.2 Å². The number of aliphatic hydroxyl groups is 4. The lowest BCUT2D eigenvalue weighted by Gasteiger charge is -2.39. The maximum absolute atomic E-state index is 12.6. The molecule has 1 aliphatic rings. The first-order chi connectivity index (χ1) is 25.9. The summed E-state index contributed by atoms with van der Waals surface area (Å²) in [6.45, 7) is 4.36. The minimum absolute atomic E-state index is 0.115. The largest absolute Gasteiger partial charge is 0.457 e. The summed E-state index contributed by atoms with van der Waals surface area (Å²) in [5.74, 6) is -0.326. The third-order valence-electron chi connectivity index (χ3n) is 9.51. The van der Waals surface area contributed by atoms with Crippen molar-refractivity contribution in [1.29, 1.82) is 0 Å². The molecule has 1 rings (SSSR count). The second-order valence-corrected chi connectivity index (χ2v) is 14.4. The monoisotopic (exact) mass is 751 g/mol. The van der Waals surface area contributed by atoms with Crippen LogP contribution in [0.2, 0.25) is 0 Å². The molecule has 0 spiro atoms. The Morgan fingerprint density at radius 3 is 1.74 bits per heavy atom. The number of rotatable bonds is 35. The van der Waals surface area contributed by atoms with Crippen molar-refractivity contribution in [1.82, 2.24) is 0 Å². The van der Waals surface area contributed by atoms with Crippen LogP contribution < -0.4 is 0 Å². The average Bonchev–Trinajstić information content (AvgIpc) is 3.16. The van der Waals surface area contributed by atoms with Crippen molar-refractivity contribution < 1.29 is 44.2 Å². The van der Waals surface area contributed by atoms with Crippen molar-refractivity contribution in [3.05, 3.63) is 48.6 Å². The van der Waals surface area contributed by atoms with E-state index in [-0.39, 0.29) is 19.2 Å². The predicted octanol–water partition coefficient (Wildman–Crippen LogP) is 8.97. The van der Waals surface area contributed by atoms with Crippen LogP contribution in [-0.4, -0.2) is 89.6 Å². The smallest absolute Gasteiger partial charge is 0.306 e. The lowest BCUT2D eigenvalue weighted by Crippen LogP contribution is -2.59. The molecule has 6 unspecified atom stereocenters. The van der Waals surface area contributed by atoms with Crippen LogP contribution in [0.4, 0.5) is 0 Å². The number of hydrogen-bond acceptors (Lipinski definition) is 9. The quantitative estimate of drug-likeness (QED) is 0.0285. The fourth-order valence-electron chi connectivity index (χ4n) is 6.19. The van der Waals surface area contributed by atoms with Crippen LogP contribution in [0, 0.1) is 0 Å². The van der Waals surface area contributed by atoms with Crippen LogP contribution in [0.3, 0.4) is 0 Å². The number of hydrogen-bond donors (Lipinski definition) is 4. The predicted molar refractivity (Wildman–Crippen MR) is 215 cm³/mol. The van der Waals surface area contributed by atoms with Crippen LogP contribution in [0.1, 0.15) is 162 Å². The van der Waals surface area contributed by atoms with Gasteiger partial charge in [-0.05, 0) is 51.4 Å². The van der Waals surface area contributed by atoms with Crippen molar-refractivity contribution >= 4 is 5.97 Å². The van der Waals surface area contributed by atoms with E-state index in [1.165, 1.54) is 83.5 Å². The van der Waals surface area contributed by atoms with E-state index in [1.54, 1.807) is 0 Å². The maximum Gasteiger partial charge on any atom is 0.306 e. The van der Waals surface area contributed by atoms with Gasteiger partial charge in [0.05, 0.1) is 19.8 Å². The first-order valence-electron chi connectivity index (χ1n) is 21.2. The van der Waals surface area contributed by atoms with Gasteiger partial charge in [0.25, 0.3) is 0 Å². The van der Waals surface area contributed by atoms with E-state index in [4.69, 9.17) is 18.9 Å². The highest BCUT2D eigenvalue weighted by Gasteiger charge is 2.44. The summed E-state index contributed by atoms with van der Waals surface area (Å²) in [6, 6.07) is 0. The standard InChI is InChI=1S/C44H78O9/c1-3-5-7-9-11-12-13-14-15-16-17-18-19-20-21-22-23-24-25-26-27-28-30-32-34-50-36-38(52-40(46)33-31-29-10-8-6-4-2)37-51-44-43(49)42(48)41(47)39(35-45)53-44/h5,7,11-12,14-15,17-18,38-39,41-45,47-49H,3-4,6,8-10,13,16,19-37H2,1-2H3/b7-5-,12-11-,15-14-,18-17-. The SMILES string of the molecule is CC/C=C\C/C=C\C/C=C\C/C=C\CCCCCCCCCCCCCOCC(COC1OC(CO)C(O)C(O)C1O)OC(=O)CCCCCCCC. The molecule has 0 bridgehead atoms. The van der Waals surface area contributed by atoms with Gasteiger partial charge in [-0.3, -0.25) is 4.79 Å². The lowest BCUT2D eigenvalue weighted by atomic mass is 9.99. The van der Waals surface area contributed by atoms with Crippen LogP contribution >= 0.6 is 0 Å². The van der Waals surface area contributed by atoms with Gasteiger partial charge >= 0.3 is 5.97 Å². The molecule has 0 amide bonds. The molecule has 1 saturated heterocycles. The minimum atomic E-state index is -1.53. The number of esters is 1. The number of carbonyl (C=O) groups excluding carboxylic acids is 1. The Balaban J connectivity index is 2.14. The van der Waals surface area contributed by atoms with Crippen molar-refractivity contribution in [3.8, 4) is 0 Å². The number of carbonyl (C=O) groups is 1. The van der Waals surface area contributed by atoms with E-state index in [0.29, 0.717) is 13.0 Å². The molecule has 53 heavy (non-hydrogen) atoms. The molecule has 0 aliphatic carbocycles. The number of allylic oxidation sites excluding steroid dienone is 8. The van der Waals surface area contributed by atoms with Crippen LogP contribution in [0.25, 0.3) is 0 Å². The molecule has 9 nitrogen and oxygen atoms in total. The molecule has 1 aliphatic heterocycles. The number of unbranched alkanes of at least 4 members (excludes halogenated alkanes) is 16. The van der Waals surface area contributed by atoms with E-state index in [0.717, 1.165) is 57.8 Å². The van der Waals surface area contributed by atoms with Gasteiger partial charge in [-0.25, -0.2) is 0 Å². The van der Waals surface area contributed by atoms with Gasteiger partial charge in [-0.2, -0.15) is 0 Å². The van der Waals surface area contributed by atoms with E-state index in [1.807, 2.05) is 0 Å². The minimum Gasteiger partial charge on any atom is -0.457 e. The topological polar surface area (TPSA) is 135 Å². The molecule has 6 atom stereocenters. The molecule has 308 valence electrons. The summed E-state index contributed by atoms with van der Waals surface area (Å²) in [6.07, 6.45) is 36.0. The first kappa shape index (κ1) is 49.2. The van der Waals surface area contributed by atoms with Gasteiger partial charge in [-0.15, -0.1) is 0 Å². The molecule has 1 heterocycles. The second kappa shape index (κ2) is 35.8. The molecule has 0 aromatic carbocycles. The summed E-state index contributed by atoms with van der Waals surface area (Å²) in [5, 5.41) is 39.9. The lowest BCUT2D eigenvalue weighted by molar-refractivity contribution is -0.305. The fraction of sp³-hybridized carbons (Fsp3) is 0.795. The first-order valence-corrected chi connectivity index (χ1v) is 21.2. The van der Waals surface area contributed by atoms with Gasteiger partial charge in [0.2, 0.25) is 0 Å². The van der Waals surface area contributed by atoms with E-state index < -0.39 is 43.4 Å². The zero-order chi connectivity index (χ0) is 38.6. The van der Waals surface area contributed by atoms with Gasteiger partial charge in [0, 0.05) is 13.0 Å². The van der Waals surface area contributed by atoms with Gasteiger partial charge in [-0.1, -0.05) is 152 Å². The maximum atomic E-state index is 12.6. The summed E-state index contributed by atoms with van der Waals surface area (Å²) in [7, 11) is 0. The van der Waals surface area contributed by atoms with Crippen LogP contribution in [0.15, 0.2) is 48.6 Å². The third-order valence-corrected chi connectivity index (χ3v) is 9.51. The average molecular weight is 751 g/mol. The van der Waals surface area contributed by atoms with Gasteiger partial charge in [0.15, 0.2) is 6.29 Å². The zero-order valence-corrected chi connectivity index (χ0v) is 33.5. The normalized spacial score (nSPS) is 21.5. The van der Waals surface area contributed by atoms with Crippen molar-refractivity contribution in [2.45, 2.75) is 198 Å². The summed E-state index contributed by atoms with van der Waals surface area (Å²) < 4.78 is 22.6. The number of aliphatic hydroxyl groups excluding tert-OH is 4. The molecule has 4 N–H and O–H groups in total. The van der Waals surface area contributed by atoms with E-state index >= 15 is 0 Å². The Hall–Kier alpha value is -1.85. The number of ether oxygens (including phenoxy) is 4. The van der Waals surface area contributed by atoms with Crippen molar-refractivity contribution in [2.75, 3.05) is 26.4 Å². The zero-order valence-electron chi connectivity index (χ0n) is 33.5. The summed E-state index contributed by atoms with van der Waals surface area (Å²) >= 11 is 0. The molecule has 1 fully saturated rings. The summed E-state index contributed by atoms with van der Waals surface area (Å²) in [4.78, 5) is 12.6. The molecule has 0 aromatic heterocycles. The Morgan fingerprint density at radius 1 is 0.623 bits per heavy atom. The van der Waals surface area contributed by atoms with Crippen LogP contribution in [0.5, 0.6) is 0 Å². The third kappa shape index (κ3) is 27.4. The molecule has 9 heteroatoms. The highest BCUT2D eigenvalue weighted by atomic mass is 16.7. The van der Waals surface area contributed by atoms with Crippen molar-refractivity contribution in [2.24, 2.45) is 0 Å². The fourth-order valence-corrected chi connectivity index (χ4v) is 6.19.